The summed E-state index contributed by atoms with van der Waals surface area (Å²) in [7, 11) is 4.28. The molecule has 0 bridgehead atoms. The number of hydrogen-bond donors (Lipinski definition) is 1. The monoisotopic (exact) mass is 377 g/mol. The topological polar surface area (TPSA) is 83.1 Å². The van der Waals surface area contributed by atoms with E-state index < -0.39 is 23.8 Å². The molecule has 7 nitrogen and oxygen atoms in total. The number of halogens is 1. The molecule has 27 heavy (non-hydrogen) atoms. The van der Waals surface area contributed by atoms with Gasteiger partial charge >= 0.3 is 5.97 Å². The van der Waals surface area contributed by atoms with Gasteiger partial charge in [-0.05, 0) is 31.2 Å². The molecule has 8 heteroatoms. The summed E-state index contributed by atoms with van der Waals surface area (Å²) in [4.78, 5) is 24.7. The van der Waals surface area contributed by atoms with Crippen LogP contribution in [0.15, 0.2) is 36.4 Å². The maximum Gasteiger partial charge on any atom is 0.342 e. The first-order valence-corrected chi connectivity index (χ1v) is 7.97. The zero-order valence-electron chi connectivity index (χ0n) is 15.4. The van der Waals surface area contributed by atoms with Crippen molar-refractivity contribution in [3.8, 4) is 17.2 Å². The first kappa shape index (κ1) is 20.0. The van der Waals surface area contributed by atoms with Gasteiger partial charge < -0.3 is 24.3 Å². The third-order valence-electron chi connectivity index (χ3n) is 3.69. The van der Waals surface area contributed by atoms with Gasteiger partial charge in [-0.1, -0.05) is 0 Å². The number of nitrogens with one attached hydrogen (secondary N) is 1. The minimum atomic E-state index is -1.10. The molecule has 0 aliphatic carbocycles. The summed E-state index contributed by atoms with van der Waals surface area (Å²) in [6.45, 7) is 1.42. The van der Waals surface area contributed by atoms with E-state index in [1.54, 1.807) is 0 Å². The summed E-state index contributed by atoms with van der Waals surface area (Å²) < 4.78 is 33.6. The predicted octanol–water partition coefficient (Wildman–Crippen LogP) is 3.04. The third kappa shape index (κ3) is 4.87. The zero-order chi connectivity index (χ0) is 20.0. The minimum Gasteiger partial charge on any atom is -0.496 e. The van der Waals surface area contributed by atoms with Crippen LogP contribution >= 0.6 is 0 Å². The number of ether oxygens (including phenoxy) is 4. The van der Waals surface area contributed by atoms with Gasteiger partial charge in [0.2, 0.25) is 0 Å². The van der Waals surface area contributed by atoms with Crippen molar-refractivity contribution in [2.45, 2.75) is 13.0 Å². The lowest BCUT2D eigenvalue weighted by Gasteiger charge is -2.16. The number of anilines is 1. The first-order chi connectivity index (χ1) is 12.9. The van der Waals surface area contributed by atoms with Crippen molar-refractivity contribution >= 4 is 17.6 Å². The van der Waals surface area contributed by atoms with Crippen LogP contribution in [0.1, 0.15) is 17.3 Å². The Morgan fingerprint density at radius 2 is 1.48 bits per heavy atom. The van der Waals surface area contributed by atoms with Gasteiger partial charge in [-0.15, -0.1) is 0 Å². The van der Waals surface area contributed by atoms with E-state index >= 15 is 0 Å². The fraction of sp³-hybridized carbons (Fsp3) is 0.263. The van der Waals surface area contributed by atoms with Crippen molar-refractivity contribution in [3.63, 3.8) is 0 Å². The highest BCUT2D eigenvalue weighted by molar-refractivity contribution is 5.98. The summed E-state index contributed by atoms with van der Waals surface area (Å²) in [6.07, 6.45) is -1.10. The van der Waals surface area contributed by atoms with Gasteiger partial charge in [-0.3, -0.25) is 4.79 Å². The molecule has 0 aliphatic rings. The number of amides is 1. The molecule has 1 atom stereocenters. The summed E-state index contributed by atoms with van der Waals surface area (Å²) in [5.41, 5.74) is 0.463. The Kier molecular flexibility index (Phi) is 6.59. The van der Waals surface area contributed by atoms with Gasteiger partial charge in [-0.25, -0.2) is 9.18 Å². The van der Waals surface area contributed by atoms with Crippen LogP contribution in [0.5, 0.6) is 17.2 Å². The largest absolute Gasteiger partial charge is 0.496 e. The van der Waals surface area contributed by atoms with Gasteiger partial charge in [0.25, 0.3) is 5.91 Å². The van der Waals surface area contributed by atoms with Crippen LogP contribution < -0.4 is 19.5 Å². The summed E-state index contributed by atoms with van der Waals surface area (Å²) >= 11 is 0. The van der Waals surface area contributed by atoms with Crippen molar-refractivity contribution in [1.29, 1.82) is 0 Å². The molecule has 0 unspecified atom stereocenters. The Labute approximate surface area is 156 Å². The molecule has 2 aromatic rings. The maximum absolute atomic E-state index is 12.9. The number of rotatable bonds is 7. The summed E-state index contributed by atoms with van der Waals surface area (Å²) in [5, 5.41) is 2.54. The van der Waals surface area contributed by atoms with E-state index in [1.165, 1.54) is 64.7 Å². The summed E-state index contributed by atoms with van der Waals surface area (Å²) in [6, 6.07) is 8.11. The molecule has 2 rings (SSSR count). The second-order valence-electron chi connectivity index (χ2n) is 5.45. The molecule has 0 fully saturated rings. The minimum absolute atomic E-state index is 0.0802. The molecular formula is C19H20FNO6. The van der Waals surface area contributed by atoms with Crippen LogP contribution in [0.3, 0.4) is 0 Å². The van der Waals surface area contributed by atoms with Crippen molar-refractivity contribution in [2.75, 3.05) is 26.6 Å². The molecule has 144 valence electrons. The smallest absolute Gasteiger partial charge is 0.342 e. The number of carbonyl (C=O) groups is 2. The van der Waals surface area contributed by atoms with Crippen molar-refractivity contribution in [3.05, 3.63) is 47.8 Å². The number of carbonyl (C=O) groups excluding carboxylic acids is 2. The van der Waals surface area contributed by atoms with E-state index in [0.717, 1.165) is 0 Å². The molecule has 0 radical (unpaired) electrons. The lowest BCUT2D eigenvalue weighted by atomic mass is 10.1. The zero-order valence-corrected chi connectivity index (χ0v) is 15.4. The van der Waals surface area contributed by atoms with Crippen LogP contribution in [0, 0.1) is 5.82 Å². The molecule has 0 aromatic heterocycles. The van der Waals surface area contributed by atoms with Crippen LogP contribution in [0.2, 0.25) is 0 Å². The Bertz CT molecular complexity index is 822. The Morgan fingerprint density at radius 1 is 0.926 bits per heavy atom. The number of esters is 1. The Balaban J connectivity index is 2.13. The van der Waals surface area contributed by atoms with Gasteiger partial charge in [0, 0.05) is 17.8 Å². The molecule has 0 spiro atoms. The van der Waals surface area contributed by atoms with Gasteiger partial charge in [0.1, 0.15) is 17.1 Å². The van der Waals surface area contributed by atoms with Crippen molar-refractivity contribution in [2.24, 2.45) is 0 Å². The molecular weight excluding hydrogens is 357 g/mol. The average Bonchev–Trinajstić information content (AvgIpc) is 2.68. The van der Waals surface area contributed by atoms with E-state index in [9.17, 15) is 14.0 Å². The average molecular weight is 377 g/mol. The normalized spacial score (nSPS) is 11.3. The molecule has 1 amide bonds. The maximum atomic E-state index is 12.9. The van der Waals surface area contributed by atoms with Crippen molar-refractivity contribution < 1.29 is 32.9 Å². The lowest BCUT2D eigenvalue weighted by Crippen LogP contribution is -2.30. The highest BCUT2D eigenvalue weighted by Crippen LogP contribution is 2.35. The number of methoxy groups -OCH3 is 3. The molecule has 0 aliphatic heterocycles. The fourth-order valence-corrected chi connectivity index (χ4v) is 2.24. The Hall–Kier alpha value is -3.29. The van der Waals surface area contributed by atoms with E-state index in [0.29, 0.717) is 17.2 Å². The number of hydrogen-bond acceptors (Lipinski definition) is 6. The third-order valence-corrected chi connectivity index (χ3v) is 3.69. The standard InChI is InChI=1S/C19H20FNO6/c1-11(18(22)21-13-7-5-12(20)6-8-13)27-19(23)14-9-16(25-3)17(26-4)10-15(14)24-2/h5-11H,1-4H3,(H,21,22)/t11-/m1/s1. The first-order valence-electron chi connectivity index (χ1n) is 7.97. The van der Waals surface area contributed by atoms with E-state index in [2.05, 4.69) is 5.32 Å². The van der Waals surface area contributed by atoms with Gasteiger partial charge in [0.15, 0.2) is 17.6 Å². The number of benzene rings is 2. The second-order valence-corrected chi connectivity index (χ2v) is 5.45. The van der Waals surface area contributed by atoms with E-state index in [1.807, 2.05) is 0 Å². The SMILES string of the molecule is COc1cc(OC)c(C(=O)O[C@H](C)C(=O)Nc2ccc(F)cc2)cc1OC. The molecule has 0 heterocycles. The fourth-order valence-electron chi connectivity index (χ4n) is 2.24. The van der Waals surface area contributed by atoms with E-state index in [-0.39, 0.29) is 11.3 Å². The van der Waals surface area contributed by atoms with E-state index in [4.69, 9.17) is 18.9 Å². The highest BCUT2D eigenvalue weighted by Gasteiger charge is 2.23. The molecule has 0 saturated heterocycles. The second kappa shape index (κ2) is 8.88. The quantitative estimate of drug-likeness (QED) is 0.747. The lowest BCUT2D eigenvalue weighted by molar-refractivity contribution is -0.123. The van der Waals surface area contributed by atoms with Crippen LogP contribution in [0.25, 0.3) is 0 Å². The molecule has 0 saturated carbocycles. The van der Waals surface area contributed by atoms with Crippen LogP contribution in [-0.2, 0) is 9.53 Å². The van der Waals surface area contributed by atoms with Crippen LogP contribution in [0.4, 0.5) is 10.1 Å². The van der Waals surface area contributed by atoms with Gasteiger partial charge in [-0.2, -0.15) is 0 Å². The molecule has 1 N–H and O–H groups in total. The highest BCUT2D eigenvalue weighted by atomic mass is 19.1. The summed E-state index contributed by atoms with van der Waals surface area (Å²) in [5.74, 6) is -0.845. The van der Waals surface area contributed by atoms with Crippen LogP contribution in [-0.4, -0.2) is 39.3 Å². The Morgan fingerprint density at radius 3 is 2.04 bits per heavy atom. The van der Waals surface area contributed by atoms with Gasteiger partial charge in [0.05, 0.1) is 21.3 Å². The molecule has 2 aromatic carbocycles. The predicted molar refractivity (Wildman–Crippen MR) is 96.0 cm³/mol. The van der Waals surface area contributed by atoms with Crippen molar-refractivity contribution in [1.82, 2.24) is 0 Å².